The van der Waals surface area contributed by atoms with Gasteiger partial charge in [-0.2, -0.15) is 8.42 Å². The molecule has 0 radical (unpaired) electrons. The highest BCUT2D eigenvalue weighted by atomic mass is 32.2. The maximum atomic E-state index is 11.2. The van der Waals surface area contributed by atoms with Gasteiger partial charge in [-0.15, -0.1) is 0 Å². The SMILES string of the molecule is COC1=C(S(=O)(=O)O)CCC2=C1C=CCC2. The van der Waals surface area contributed by atoms with Crippen LogP contribution in [-0.2, 0) is 14.9 Å². The van der Waals surface area contributed by atoms with Crippen LogP contribution in [0.3, 0.4) is 0 Å². The second kappa shape index (κ2) is 4.07. The van der Waals surface area contributed by atoms with E-state index in [2.05, 4.69) is 0 Å². The highest BCUT2D eigenvalue weighted by Gasteiger charge is 2.28. The van der Waals surface area contributed by atoms with Gasteiger partial charge in [0, 0.05) is 5.57 Å². The standard InChI is InChI=1S/C11H14O4S/c1-15-11-9-5-3-2-4-8(9)6-7-10(11)16(12,13)14/h3,5H,2,4,6-7H2,1H3,(H,12,13,14). The Labute approximate surface area is 95.1 Å². The van der Waals surface area contributed by atoms with E-state index in [4.69, 9.17) is 9.29 Å². The van der Waals surface area contributed by atoms with E-state index in [-0.39, 0.29) is 4.91 Å². The zero-order valence-electron chi connectivity index (χ0n) is 9.06. The van der Waals surface area contributed by atoms with Crippen LogP contribution in [0, 0.1) is 0 Å². The van der Waals surface area contributed by atoms with Crippen LogP contribution in [0.4, 0.5) is 0 Å². The highest BCUT2D eigenvalue weighted by Crippen LogP contribution is 2.37. The molecule has 0 aliphatic heterocycles. The predicted molar refractivity (Wildman–Crippen MR) is 60.2 cm³/mol. The summed E-state index contributed by atoms with van der Waals surface area (Å²) >= 11 is 0. The number of allylic oxidation sites excluding steroid dienone is 4. The monoisotopic (exact) mass is 242 g/mol. The van der Waals surface area contributed by atoms with E-state index in [9.17, 15) is 8.42 Å². The van der Waals surface area contributed by atoms with Gasteiger partial charge in [-0.25, -0.2) is 0 Å². The van der Waals surface area contributed by atoms with Gasteiger partial charge in [0.1, 0.15) is 10.7 Å². The van der Waals surface area contributed by atoms with Gasteiger partial charge in [0.2, 0.25) is 0 Å². The Balaban J connectivity index is 2.56. The first-order valence-corrected chi connectivity index (χ1v) is 6.61. The first-order chi connectivity index (χ1) is 7.54. The van der Waals surface area contributed by atoms with Crippen molar-refractivity contribution in [2.45, 2.75) is 25.7 Å². The lowest BCUT2D eigenvalue weighted by Crippen LogP contribution is -2.14. The van der Waals surface area contributed by atoms with Crippen LogP contribution in [0.25, 0.3) is 0 Å². The lowest BCUT2D eigenvalue weighted by molar-refractivity contribution is 0.294. The Morgan fingerprint density at radius 3 is 2.69 bits per heavy atom. The number of hydrogen-bond donors (Lipinski definition) is 1. The van der Waals surface area contributed by atoms with Gasteiger partial charge in [0.15, 0.2) is 0 Å². The summed E-state index contributed by atoms with van der Waals surface area (Å²) in [5.41, 5.74) is 2.04. The molecule has 4 nitrogen and oxygen atoms in total. The minimum atomic E-state index is -4.15. The first-order valence-electron chi connectivity index (χ1n) is 5.17. The van der Waals surface area contributed by atoms with Gasteiger partial charge in [0.05, 0.1) is 7.11 Å². The van der Waals surface area contributed by atoms with Crippen molar-refractivity contribution < 1.29 is 17.7 Å². The molecule has 0 spiro atoms. The molecule has 0 atom stereocenters. The normalized spacial score (nSPS) is 21.1. The average Bonchev–Trinajstić information content (AvgIpc) is 2.26. The van der Waals surface area contributed by atoms with E-state index < -0.39 is 10.1 Å². The van der Waals surface area contributed by atoms with E-state index in [1.807, 2.05) is 12.2 Å². The Hall–Kier alpha value is -1.07. The second-order valence-corrected chi connectivity index (χ2v) is 5.33. The van der Waals surface area contributed by atoms with E-state index >= 15 is 0 Å². The minimum Gasteiger partial charge on any atom is -0.495 e. The molecule has 0 aromatic carbocycles. The topological polar surface area (TPSA) is 63.6 Å². The number of ether oxygens (including phenoxy) is 1. The Bertz CT molecular complexity index is 494. The average molecular weight is 242 g/mol. The smallest absolute Gasteiger partial charge is 0.294 e. The molecule has 0 fully saturated rings. The van der Waals surface area contributed by atoms with Gasteiger partial charge < -0.3 is 4.74 Å². The maximum absolute atomic E-state index is 11.2. The van der Waals surface area contributed by atoms with Crippen molar-refractivity contribution in [2.24, 2.45) is 0 Å². The van der Waals surface area contributed by atoms with Crippen molar-refractivity contribution in [1.82, 2.24) is 0 Å². The molecule has 16 heavy (non-hydrogen) atoms. The summed E-state index contributed by atoms with van der Waals surface area (Å²) in [6.45, 7) is 0. The second-order valence-electron chi connectivity index (χ2n) is 3.89. The zero-order valence-corrected chi connectivity index (χ0v) is 9.88. The molecule has 2 aliphatic carbocycles. The summed E-state index contributed by atoms with van der Waals surface area (Å²) in [6, 6.07) is 0. The summed E-state index contributed by atoms with van der Waals surface area (Å²) in [6.07, 6.45) is 6.80. The quantitative estimate of drug-likeness (QED) is 0.754. The van der Waals surface area contributed by atoms with Crippen LogP contribution in [-0.4, -0.2) is 20.1 Å². The van der Waals surface area contributed by atoms with Crippen molar-refractivity contribution in [3.05, 3.63) is 34.0 Å². The molecule has 0 saturated heterocycles. The molecular formula is C11H14O4S. The fourth-order valence-electron chi connectivity index (χ4n) is 2.21. The van der Waals surface area contributed by atoms with Gasteiger partial charge in [-0.1, -0.05) is 17.7 Å². The largest absolute Gasteiger partial charge is 0.495 e. The third-order valence-corrected chi connectivity index (χ3v) is 3.96. The van der Waals surface area contributed by atoms with E-state index in [1.165, 1.54) is 12.7 Å². The van der Waals surface area contributed by atoms with Crippen LogP contribution in [0.2, 0.25) is 0 Å². The summed E-state index contributed by atoms with van der Waals surface area (Å²) in [4.78, 5) is 0.000278. The molecule has 0 bridgehead atoms. The minimum absolute atomic E-state index is 0.000278. The number of hydrogen-bond acceptors (Lipinski definition) is 3. The molecule has 0 saturated carbocycles. The molecule has 0 amide bonds. The lowest BCUT2D eigenvalue weighted by atomic mass is 9.89. The summed E-state index contributed by atoms with van der Waals surface area (Å²) in [5, 5.41) is 0. The van der Waals surface area contributed by atoms with Crippen molar-refractivity contribution in [2.75, 3.05) is 7.11 Å². The molecule has 5 heteroatoms. The van der Waals surface area contributed by atoms with Gasteiger partial charge in [0.25, 0.3) is 10.1 Å². The Kier molecular flexibility index (Phi) is 2.90. The first kappa shape index (κ1) is 11.4. The van der Waals surface area contributed by atoms with Crippen LogP contribution < -0.4 is 0 Å². The van der Waals surface area contributed by atoms with Crippen molar-refractivity contribution >= 4 is 10.1 Å². The number of rotatable bonds is 2. The molecule has 2 rings (SSSR count). The molecule has 0 heterocycles. The Morgan fingerprint density at radius 2 is 2.06 bits per heavy atom. The van der Waals surface area contributed by atoms with E-state index in [0.717, 1.165) is 18.4 Å². The third kappa shape index (κ3) is 1.92. The molecule has 2 aliphatic rings. The van der Waals surface area contributed by atoms with Gasteiger partial charge >= 0.3 is 0 Å². The molecule has 0 unspecified atom stereocenters. The zero-order chi connectivity index (χ0) is 11.8. The van der Waals surface area contributed by atoms with E-state index in [1.54, 1.807) is 0 Å². The fraction of sp³-hybridized carbons (Fsp3) is 0.455. The lowest BCUT2D eigenvalue weighted by Gasteiger charge is -2.24. The molecular weight excluding hydrogens is 228 g/mol. The maximum Gasteiger partial charge on any atom is 0.294 e. The fourth-order valence-corrected chi connectivity index (χ4v) is 2.99. The highest BCUT2D eigenvalue weighted by molar-refractivity contribution is 7.89. The van der Waals surface area contributed by atoms with Crippen molar-refractivity contribution in [3.8, 4) is 0 Å². The summed E-state index contributed by atoms with van der Waals surface area (Å²) < 4.78 is 36.7. The van der Waals surface area contributed by atoms with Crippen LogP contribution in [0.15, 0.2) is 34.0 Å². The molecule has 1 N–H and O–H groups in total. The predicted octanol–water partition coefficient (Wildman–Crippen LogP) is 2.17. The van der Waals surface area contributed by atoms with Gasteiger partial charge in [-0.05, 0) is 25.7 Å². The third-order valence-electron chi connectivity index (χ3n) is 2.95. The van der Waals surface area contributed by atoms with Crippen molar-refractivity contribution in [3.63, 3.8) is 0 Å². The molecule has 0 aromatic heterocycles. The van der Waals surface area contributed by atoms with Gasteiger partial charge in [-0.3, -0.25) is 4.55 Å². The summed E-state index contributed by atoms with van der Waals surface area (Å²) in [7, 11) is -2.72. The van der Waals surface area contributed by atoms with E-state index in [0.29, 0.717) is 18.6 Å². The Morgan fingerprint density at radius 1 is 1.31 bits per heavy atom. The van der Waals surface area contributed by atoms with Crippen LogP contribution in [0.5, 0.6) is 0 Å². The van der Waals surface area contributed by atoms with Crippen LogP contribution >= 0.6 is 0 Å². The molecule has 0 aromatic rings. The number of methoxy groups -OCH3 is 1. The summed E-state index contributed by atoms with van der Waals surface area (Å²) in [5.74, 6) is 0.305. The van der Waals surface area contributed by atoms with Crippen LogP contribution in [0.1, 0.15) is 25.7 Å². The van der Waals surface area contributed by atoms with Crippen molar-refractivity contribution in [1.29, 1.82) is 0 Å². The molecule has 88 valence electrons.